The van der Waals surface area contributed by atoms with Gasteiger partial charge in [0.2, 0.25) is 0 Å². The lowest BCUT2D eigenvalue weighted by Crippen LogP contribution is -2.45. The zero-order valence-electron chi connectivity index (χ0n) is 15.1. The maximum atomic E-state index is 12.5. The van der Waals surface area contributed by atoms with Gasteiger partial charge >= 0.3 is 6.03 Å². The molecule has 2 aromatic carbocycles. The number of carbonyl (C=O) groups is 2. The Labute approximate surface area is 162 Å². The number of halogens is 1. The summed E-state index contributed by atoms with van der Waals surface area (Å²) < 4.78 is 5.66. The molecule has 0 aliphatic carbocycles. The van der Waals surface area contributed by atoms with Crippen LogP contribution in [0.4, 0.5) is 21.9 Å². The Hall–Kier alpha value is -2.99. The molecule has 0 bridgehead atoms. The number of carbonyl (C=O) groups excluding carboxylic acids is 2. The second-order valence-corrected chi connectivity index (χ2v) is 6.85. The van der Waals surface area contributed by atoms with Crippen LogP contribution in [-0.4, -0.2) is 24.6 Å². The number of hydrogen-bond donors (Lipinski definition) is 2. The van der Waals surface area contributed by atoms with Gasteiger partial charge < -0.3 is 20.3 Å². The highest BCUT2D eigenvalue weighted by Gasteiger charge is 2.31. The van der Waals surface area contributed by atoms with Gasteiger partial charge in [0.15, 0.2) is 6.10 Å². The molecule has 0 saturated carbocycles. The Morgan fingerprint density at radius 1 is 1.19 bits per heavy atom. The van der Waals surface area contributed by atoms with Crippen LogP contribution >= 0.6 is 11.6 Å². The van der Waals surface area contributed by atoms with Crippen molar-refractivity contribution in [2.75, 3.05) is 22.1 Å². The lowest BCUT2D eigenvalue weighted by atomic mass is 10.1. The number of urea groups is 1. The summed E-state index contributed by atoms with van der Waals surface area (Å²) in [4.78, 5) is 26.3. The smallest absolute Gasteiger partial charge is 0.323 e. The Morgan fingerprint density at radius 3 is 2.48 bits per heavy atom. The maximum Gasteiger partial charge on any atom is 0.323 e. The topological polar surface area (TPSA) is 70.7 Å². The van der Waals surface area contributed by atoms with Gasteiger partial charge in [0.05, 0.1) is 5.69 Å². The number of nitrogens with zero attached hydrogens (tertiary/aromatic N) is 1. The lowest BCUT2D eigenvalue weighted by molar-refractivity contribution is -0.125. The Balaban J connectivity index is 1.79. The van der Waals surface area contributed by atoms with Crippen molar-refractivity contribution in [2.24, 2.45) is 0 Å². The minimum Gasteiger partial charge on any atom is -0.479 e. The number of benzene rings is 2. The third-order valence-electron chi connectivity index (χ3n) is 3.96. The van der Waals surface area contributed by atoms with Crippen LogP contribution in [0, 0.1) is 0 Å². The molecule has 7 heteroatoms. The molecule has 0 aromatic heterocycles. The number of ether oxygens (including phenoxy) is 1. The molecule has 1 aliphatic rings. The summed E-state index contributed by atoms with van der Waals surface area (Å²) in [7, 11) is 0. The SMILES string of the molecule is C=C(C)CN1C(=O)C(C)Oc2ccc(NC(=O)Nc3ccc(Cl)cc3)cc21. The molecule has 0 radical (unpaired) electrons. The standard InChI is InChI=1S/C20H20ClN3O3/c1-12(2)11-24-17-10-16(8-9-18(17)27-13(3)19(24)25)23-20(26)22-15-6-4-14(21)5-7-15/h4-10,13H,1,11H2,2-3H3,(H2,22,23,26). The minimum atomic E-state index is -0.566. The predicted molar refractivity (Wildman–Crippen MR) is 108 cm³/mol. The van der Waals surface area contributed by atoms with E-state index in [0.29, 0.717) is 34.4 Å². The second kappa shape index (κ2) is 7.72. The fourth-order valence-electron chi connectivity index (χ4n) is 2.74. The molecule has 1 unspecified atom stereocenters. The van der Waals surface area contributed by atoms with Crippen LogP contribution in [0.3, 0.4) is 0 Å². The largest absolute Gasteiger partial charge is 0.479 e. The molecule has 3 rings (SSSR count). The van der Waals surface area contributed by atoms with Crippen LogP contribution in [-0.2, 0) is 4.79 Å². The fraction of sp³-hybridized carbons (Fsp3) is 0.200. The summed E-state index contributed by atoms with van der Waals surface area (Å²) in [5.74, 6) is 0.445. The molecule has 0 fully saturated rings. The molecule has 0 saturated heterocycles. The van der Waals surface area contributed by atoms with E-state index in [0.717, 1.165) is 5.57 Å². The molecule has 6 nitrogen and oxygen atoms in total. The van der Waals surface area contributed by atoms with Crippen LogP contribution in [0.2, 0.25) is 5.02 Å². The van der Waals surface area contributed by atoms with Gasteiger partial charge in [-0.1, -0.05) is 23.8 Å². The lowest BCUT2D eigenvalue weighted by Gasteiger charge is -2.33. The first-order valence-electron chi connectivity index (χ1n) is 8.43. The van der Waals surface area contributed by atoms with Crippen molar-refractivity contribution < 1.29 is 14.3 Å². The normalized spacial score (nSPS) is 15.6. The molecule has 1 atom stereocenters. The van der Waals surface area contributed by atoms with E-state index in [4.69, 9.17) is 16.3 Å². The van der Waals surface area contributed by atoms with Crippen molar-refractivity contribution in [3.05, 3.63) is 59.6 Å². The predicted octanol–water partition coefficient (Wildman–Crippen LogP) is 4.67. The van der Waals surface area contributed by atoms with Gasteiger partial charge in [0, 0.05) is 22.9 Å². The third kappa shape index (κ3) is 4.41. The zero-order chi connectivity index (χ0) is 19.6. The van der Waals surface area contributed by atoms with Crippen LogP contribution in [0.5, 0.6) is 5.75 Å². The number of anilines is 3. The van der Waals surface area contributed by atoms with E-state index in [1.165, 1.54) is 0 Å². The van der Waals surface area contributed by atoms with E-state index in [-0.39, 0.29) is 5.91 Å². The Morgan fingerprint density at radius 2 is 1.81 bits per heavy atom. The number of rotatable bonds is 4. The quantitative estimate of drug-likeness (QED) is 0.751. The van der Waals surface area contributed by atoms with Crippen molar-refractivity contribution in [3.8, 4) is 5.75 Å². The summed E-state index contributed by atoms with van der Waals surface area (Å²) in [6.07, 6.45) is -0.566. The van der Waals surface area contributed by atoms with Crippen LogP contribution < -0.4 is 20.3 Å². The highest BCUT2D eigenvalue weighted by Crippen LogP contribution is 2.36. The van der Waals surface area contributed by atoms with Crippen molar-refractivity contribution >= 4 is 40.6 Å². The van der Waals surface area contributed by atoms with E-state index < -0.39 is 12.1 Å². The summed E-state index contributed by atoms with van der Waals surface area (Å²) in [5.41, 5.74) is 2.61. The van der Waals surface area contributed by atoms with Crippen molar-refractivity contribution in [1.82, 2.24) is 0 Å². The minimum absolute atomic E-state index is 0.145. The maximum absolute atomic E-state index is 12.5. The molecule has 2 aromatic rings. The molecule has 1 heterocycles. The second-order valence-electron chi connectivity index (χ2n) is 6.41. The van der Waals surface area contributed by atoms with Crippen molar-refractivity contribution in [1.29, 1.82) is 0 Å². The van der Waals surface area contributed by atoms with Gasteiger partial charge in [0.25, 0.3) is 5.91 Å². The van der Waals surface area contributed by atoms with E-state index >= 15 is 0 Å². The van der Waals surface area contributed by atoms with Gasteiger partial charge in [-0.25, -0.2) is 4.79 Å². The Kier molecular flexibility index (Phi) is 5.37. The highest BCUT2D eigenvalue weighted by atomic mass is 35.5. The average molecular weight is 386 g/mol. The van der Waals surface area contributed by atoms with Gasteiger partial charge in [-0.15, -0.1) is 0 Å². The van der Waals surface area contributed by atoms with Gasteiger partial charge in [-0.05, 0) is 56.3 Å². The van der Waals surface area contributed by atoms with Gasteiger partial charge in [-0.3, -0.25) is 4.79 Å². The van der Waals surface area contributed by atoms with E-state index in [2.05, 4.69) is 17.2 Å². The summed E-state index contributed by atoms with van der Waals surface area (Å²) in [6, 6.07) is 11.6. The number of nitrogens with one attached hydrogen (secondary N) is 2. The monoisotopic (exact) mass is 385 g/mol. The first-order valence-corrected chi connectivity index (χ1v) is 8.81. The average Bonchev–Trinajstić information content (AvgIpc) is 2.61. The third-order valence-corrected chi connectivity index (χ3v) is 4.21. The molecule has 140 valence electrons. The molecule has 1 aliphatic heterocycles. The molecule has 27 heavy (non-hydrogen) atoms. The van der Waals surface area contributed by atoms with Crippen LogP contribution in [0.25, 0.3) is 0 Å². The van der Waals surface area contributed by atoms with Crippen molar-refractivity contribution in [3.63, 3.8) is 0 Å². The first kappa shape index (κ1) is 18.8. The van der Waals surface area contributed by atoms with E-state index in [1.54, 1.807) is 54.3 Å². The molecule has 0 spiro atoms. The van der Waals surface area contributed by atoms with E-state index in [1.807, 2.05) is 6.92 Å². The molecular formula is C20H20ClN3O3. The van der Waals surface area contributed by atoms with Crippen LogP contribution in [0.1, 0.15) is 13.8 Å². The summed E-state index contributed by atoms with van der Waals surface area (Å²) >= 11 is 5.84. The number of fused-ring (bicyclic) bond motifs is 1. The molecular weight excluding hydrogens is 366 g/mol. The first-order chi connectivity index (χ1) is 12.8. The number of hydrogen-bond acceptors (Lipinski definition) is 3. The molecule has 2 N–H and O–H groups in total. The fourth-order valence-corrected chi connectivity index (χ4v) is 2.87. The summed E-state index contributed by atoms with van der Waals surface area (Å²) in [6.45, 7) is 7.84. The van der Waals surface area contributed by atoms with Gasteiger partial charge in [-0.2, -0.15) is 0 Å². The Bertz CT molecular complexity index is 896. The summed E-state index contributed by atoms with van der Waals surface area (Å²) in [5, 5.41) is 6.07. The van der Waals surface area contributed by atoms with Gasteiger partial charge in [0.1, 0.15) is 5.75 Å². The van der Waals surface area contributed by atoms with Crippen LogP contribution in [0.15, 0.2) is 54.6 Å². The molecule has 3 amide bonds. The number of amides is 3. The highest BCUT2D eigenvalue weighted by molar-refractivity contribution is 6.30. The van der Waals surface area contributed by atoms with E-state index in [9.17, 15) is 9.59 Å². The zero-order valence-corrected chi connectivity index (χ0v) is 15.8. The van der Waals surface area contributed by atoms with Crippen molar-refractivity contribution in [2.45, 2.75) is 20.0 Å².